The number of nitrogen functional groups attached to an aromatic ring is 1. The Morgan fingerprint density at radius 2 is 1.70 bits per heavy atom. The topological polar surface area (TPSA) is 153 Å². The number of nitrogens with two attached hydrogens (primary N) is 1. The van der Waals surface area contributed by atoms with Crippen molar-refractivity contribution in [2.75, 3.05) is 12.3 Å². The van der Waals surface area contributed by atoms with Crippen LogP contribution in [0.15, 0.2) is 108 Å². The first-order chi connectivity index (χ1) is 20.8. The minimum absolute atomic E-state index is 0.0835. The van der Waals surface area contributed by atoms with Crippen LogP contribution in [0.3, 0.4) is 0 Å². The zero-order valence-electron chi connectivity index (χ0n) is 22.8. The van der Waals surface area contributed by atoms with E-state index >= 15 is 0 Å². The van der Waals surface area contributed by atoms with Gasteiger partial charge >= 0.3 is 0 Å². The number of hydrogen-bond acceptors (Lipinski definition) is 8. The van der Waals surface area contributed by atoms with Gasteiger partial charge in [-0.3, -0.25) is 9.36 Å². The van der Waals surface area contributed by atoms with Crippen LogP contribution in [0.4, 0.5) is 5.82 Å². The number of carbonyl (C=O) groups is 1. The van der Waals surface area contributed by atoms with E-state index in [0.717, 1.165) is 11.3 Å². The van der Waals surface area contributed by atoms with Gasteiger partial charge in [-0.25, -0.2) is 28.1 Å². The highest BCUT2D eigenvalue weighted by atomic mass is 32.2. The van der Waals surface area contributed by atoms with E-state index < -0.39 is 10.0 Å². The summed E-state index contributed by atoms with van der Waals surface area (Å²) < 4.78 is 30.6. The molecule has 3 heterocycles. The predicted octanol–water partition coefficient (Wildman–Crippen LogP) is 4.77. The lowest BCUT2D eigenvalue weighted by Gasteiger charge is -2.12. The number of aldehydes is 1. The maximum atomic E-state index is 13.1. The lowest BCUT2D eigenvalue weighted by atomic mass is 10.1. The highest BCUT2D eigenvalue weighted by molar-refractivity contribution is 7.89. The molecule has 6 aromatic rings. The van der Waals surface area contributed by atoms with Crippen molar-refractivity contribution in [3.8, 4) is 34.1 Å². The molecule has 0 saturated heterocycles. The highest BCUT2D eigenvalue weighted by Gasteiger charge is 2.20. The predicted molar refractivity (Wildman–Crippen MR) is 164 cm³/mol. The molecule has 3 aromatic heterocycles. The van der Waals surface area contributed by atoms with Gasteiger partial charge in [-0.15, -0.1) is 0 Å². The summed E-state index contributed by atoms with van der Waals surface area (Å²) in [5.74, 6) is 0.687. The van der Waals surface area contributed by atoms with Crippen LogP contribution in [-0.2, 0) is 16.4 Å². The molecule has 3 aromatic carbocycles. The van der Waals surface area contributed by atoms with E-state index in [0.29, 0.717) is 52.3 Å². The number of phenols is 1. The number of aromatic hydroxyl groups is 1. The molecule has 0 radical (unpaired) electrons. The number of anilines is 1. The molecule has 0 amide bonds. The molecule has 10 nitrogen and oxygen atoms in total. The van der Waals surface area contributed by atoms with E-state index in [1.165, 1.54) is 24.3 Å². The number of aromatic nitrogens is 4. The number of imidazole rings is 1. The Morgan fingerprint density at radius 3 is 2.42 bits per heavy atom. The maximum absolute atomic E-state index is 13.1. The van der Waals surface area contributed by atoms with Crippen molar-refractivity contribution in [2.45, 2.75) is 11.3 Å². The molecule has 0 fully saturated rings. The summed E-state index contributed by atoms with van der Waals surface area (Å²) in [6, 6.07) is 28.2. The standard InChI is InChI=1S/C32H26N6O4S/c33-30-26(7-4-17-34-30)31-37-28-15-14-27(22-5-2-1-3-6-22)36-32(28)38(31)24-10-12-25(13-11-24)43(41,42)35-18-16-21-8-9-23(20-39)29(40)19-21/h1-15,17,19-20,35,40H,16,18H2,(H2,33,34). The Morgan fingerprint density at radius 1 is 0.907 bits per heavy atom. The number of benzene rings is 3. The summed E-state index contributed by atoms with van der Waals surface area (Å²) in [4.78, 5) is 25.0. The number of hydrogen-bond donors (Lipinski definition) is 3. The van der Waals surface area contributed by atoms with Crippen molar-refractivity contribution in [3.05, 3.63) is 114 Å². The van der Waals surface area contributed by atoms with Gasteiger partial charge in [0.05, 0.1) is 21.7 Å². The average Bonchev–Trinajstić information content (AvgIpc) is 3.40. The lowest BCUT2D eigenvalue weighted by Crippen LogP contribution is -2.26. The Balaban J connectivity index is 1.33. The number of pyridine rings is 2. The number of nitrogens with zero attached hydrogens (tertiary/aromatic N) is 4. The molecule has 0 aliphatic heterocycles. The van der Waals surface area contributed by atoms with E-state index in [1.807, 2.05) is 53.1 Å². The molecule has 4 N–H and O–H groups in total. The maximum Gasteiger partial charge on any atom is 0.240 e. The normalized spacial score (nSPS) is 11.5. The number of carbonyl (C=O) groups excluding carboxylic acids is 1. The third-order valence-electron chi connectivity index (χ3n) is 6.99. The SMILES string of the molecule is Nc1ncccc1-c1nc2ccc(-c3ccccc3)nc2n1-c1ccc(S(=O)(=O)NCCc2ccc(C=O)c(O)c2)cc1. The monoisotopic (exact) mass is 590 g/mol. The van der Waals surface area contributed by atoms with E-state index in [2.05, 4.69) is 9.71 Å². The third-order valence-corrected chi connectivity index (χ3v) is 8.46. The van der Waals surface area contributed by atoms with Gasteiger partial charge in [0.25, 0.3) is 0 Å². The molecular formula is C32H26N6O4S. The Hall–Kier alpha value is -5.39. The van der Waals surface area contributed by atoms with Crippen LogP contribution in [0.5, 0.6) is 5.75 Å². The highest BCUT2D eigenvalue weighted by Crippen LogP contribution is 2.32. The van der Waals surface area contributed by atoms with Gasteiger partial charge in [0.2, 0.25) is 10.0 Å². The van der Waals surface area contributed by atoms with Crippen LogP contribution in [0, 0.1) is 0 Å². The number of fused-ring (bicyclic) bond motifs is 1. The molecule has 214 valence electrons. The van der Waals surface area contributed by atoms with Crippen molar-refractivity contribution in [1.29, 1.82) is 0 Å². The van der Waals surface area contributed by atoms with Gasteiger partial charge in [0.1, 0.15) is 17.1 Å². The second kappa shape index (κ2) is 11.5. The number of nitrogens with one attached hydrogen (secondary N) is 1. The summed E-state index contributed by atoms with van der Waals surface area (Å²) in [5, 5.41) is 9.89. The summed E-state index contributed by atoms with van der Waals surface area (Å²) in [5.41, 5.74) is 11.3. The molecule has 0 unspecified atom stereocenters. The van der Waals surface area contributed by atoms with E-state index in [9.17, 15) is 18.3 Å². The van der Waals surface area contributed by atoms with Crippen molar-refractivity contribution in [3.63, 3.8) is 0 Å². The Bertz CT molecular complexity index is 2060. The first kappa shape index (κ1) is 27.8. The first-order valence-electron chi connectivity index (χ1n) is 13.4. The zero-order valence-corrected chi connectivity index (χ0v) is 23.6. The fraction of sp³-hybridized carbons (Fsp3) is 0.0625. The van der Waals surface area contributed by atoms with Crippen LogP contribution < -0.4 is 10.5 Å². The van der Waals surface area contributed by atoms with Crippen LogP contribution in [0.1, 0.15) is 15.9 Å². The fourth-order valence-electron chi connectivity index (χ4n) is 4.79. The second-order valence-electron chi connectivity index (χ2n) is 9.76. The van der Waals surface area contributed by atoms with Crippen molar-refractivity contribution < 1.29 is 18.3 Å². The molecule has 0 spiro atoms. The van der Waals surface area contributed by atoms with E-state index in [4.69, 9.17) is 15.7 Å². The summed E-state index contributed by atoms with van der Waals surface area (Å²) in [7, 11) is -3.83. The zero-order chi connectivity index (χ0) is 30.0. The largest absolute Gasteiger partial charge is 0.507 e. The molecule has 0 bridgehead atoms. The number of rotatable bonds is 9. The van der Waals surface area contributed by atoms with Gasteiger partial charge in [-0.1, -0.05) is 36.4 Å². The van der Waals surface area contributed by atoms with Crippen LogP contribution in [0.2, 0.25) is 0 Å². The molecule has 0 atom stereocenters. The summed E-state index contributed by atoms with van der Waals surface area (Å²) >= 11 is 0. The fourth-order valence-corrected chi connectivity index (χ4v) is 5.82. The van der Waals surface area contributed by atoms with Gasteiger partial charge in [-0.2, -0.15) is 0 Å². The first-order valence-corrected chi connectivity index (χ1v) is 14.9. The van der Waals surface area contributed by atoms with Crippen molar-refractivity contribution in [1.82, 2.24) is 24.2 Å². The van der Waals surface area contributed by atoms with Crippen LogP contribution >= 0.6 is 0 Å². The Kier molecular flexibility index (Phi) is 7.41. The quantitative estimate of drug-likeness (QED) is 0.204. The van der Waals surface area contributed by atoms with Crippen LogP contribution in [-0.4, -0.2) is 45.9 Å². The summed E-state index contributed by atoms with van der Waals surface area (Å²) in [6.07, 6.45) is 2.49. The van der Waals surface area contributed by atoms with Gasteiger partial charge in [0.15, 0.2) is 17.8 Å². The van der Waals surface area contributed by atoms with Gasteiger partial charge in [-0.05, 0) is 72.6 Å². The third kappa shape index (κ3) is 5.59. The molecular weight excluding hydrogens is 564 g/mol. The number of phenolic OH excluding ortho intramolecular Hbond substituents is 1. The van der Waals surface area contributed by atoms with Crippen molar-refractivity contribution >= 4 is 33.3 Å². The van der Waals surface area contributed by atoms with E-state index in [1.54, 1.807) is 30.5 Å². The second-order valence-corrected chi connectivity index (χ2v) is 11.5. The van der Waals surface area contributed by atoms with Crippen molar-refractivity contribution in [2.24, 2.45) is 0 Å². The molecule has 11 heteroatoms. The number of sulfonamides is 1. The smallest absolute Gasteiger partial charge is 0.240 e. The van der Waals surface area contributed by atoms with Crippen LogP contribution in [0.25, 0.3) is 39.5 Å². The van der Waals surface area contributed by atoms with E-state index in [-0.39, 0.29) is 22.8 Å². The van der Waals surface area contributed by atoms with Gasteiger partial charge < -0.3 is 10.8 Å². The minimum Gasteiger partial charge on any atom is -0.507 e. The van der Waals surface area contributed by atoms with Gasteiger partial charge in [0, 0.05) is 24.0 Å². The molecule has 0 aliphatic carbocycles. The molecule has 0 saturated carbocycles. The molecule has 0 aliphatic rings. The average molecular weight is 591 g/mol. The molecule has 6 rings (SSSR count). The summed E-state index contributed by atoms with van der Waals surface area (Å²) in [6.45, 7) is 0.104. The lowest BCUT2D eigenvalue weighted by molar-refractivity contribution is 0.112. The molecule has 43 heavy (non-hydrogen) atoms. The minimum atomic E-state index is -3.83. The Labute approximate surface area is 247 Å².